The van der Waals surface area contributed by atoms with Crippen molar-refractivity contribution < 1.29 is 9.84 Å². The Morgan fingerprint density at radius 3 is 2.75 bits per heavy atom. The minimum atomic E-state index is -0.0236. The Labute approximate surface area is 127 Å². The van der Waals surface area contributed by atoms with Gasteiger partial charge >= 0.3 is 0 Å². The number of aromatic nitrogens is 2. The summed E-state index contributed by atoms with van der Waals surface area (Å²) in [5, 5.41) is 13.8. The SMILES string of the molecule is CCn1nc(C)c(Br)c1COc1c(C)cccc1CO. The van der Waals surface area contributed by atoms with Crippen LogP contribution in [0.5, 0.6) is 5.75 Å². The lowest BCUT2D eigenvalue weighted by molar-refractivity contribution is 0.253. The van der Waals surface area contributed by atoms with E-state index in [0.717, 1.165) is 39.3 Å². The number of hydrogen-bond acceptors (Lipinski definition) is 3. The van der Waals surface area contributed by atoms with Crippen molar-refractivity contribution in [2.24, 2.45) is 0 Å². The van der Waals surface area contributed by atoms with Gasteiger partial charge in [-0.15, -0.1) is 0 Å². The lowest BCUT2D eigenvalue weighted by atomic mass is 10.1. The van der Waals surface area contributed by atoms with Crippen molar-refractivity contribution in [3.63, 3.8) is 0 Å². The molecule has 1 heterocycles. The fourth-order valence-corrected chi connectivity index (χ4v) is 2.59. The Balaban J connectivity index is 2.25. The zero-order valence-corrected chi connectivity index (χ0v) is 13.6. The van der Waals surface area contributed by atoms with Crippen LogP contribution in [0.15, 0.2) is 22.7 Å². The van der Waals surface area contributed by atoms with Gasteiger partial charge in [-0.2, -0.15) is 5.10 Å². The molecule has 0 aliphatic rings. The highest BCUT2D eigenvalue weighted by molar-refractivity contribution is 9.10. The van der Waals surface area contributed by atoms with Gasteiger partial charge in [0, 0.05) is 12.1 Å². The van der Waals surface area contributed by atoms with E-state index in [2.05, 4.69) is 28.0 Å². The van der Waals surface area contributed by atoms with Crippen molar-refractivity contribution >= 4 is 15.9 Å². The van der Waals surface area contributed by atoms with Gasteiger partial charge in [-0.1, -0.05) is 18.2 Å². The van der Waals surface area contributed by atoms with E-state index < -0.39 is 0 Å². The number of halogens is 1. The summed E-state index contributed by atoms with van der Waals surface area (Å²) in [5.74, 6) is 0.753. The fraction of sp³-hybridized carbons (Fsp3) is 0.400. The molecule has 0 radical (unpaired) electrons. The van der Waals surface area contributed by atoms with Crippen molar-refractivity contribution in [3.8, 4) is 5.75 Å². The van der Waals surface area contributed by atoms with E-state index >= 15 is 0 Å². The monoisotopic (exact) mass is 338 g/mol. The van der Waals surface area contributed by atoms with Crippen molar-refractivity contribution in [2.45, 2.75) is 40.5 Å². The van der Waals surface area contributed by atoms with E-state index in [-0.39, 0.29) is 6.61 Å². The number of ether oxygens (including phenoxy) is 1. The molecule has 1 aromatic heterocycles. The van der Waals surface area contributed by atoms with Gasteiger partial charge in [0.05, 0.1) is 22.5 Å². The van der Waals surface area contributed by atoms with E-state index in [1.807, 2.05) is 36.7 Å². The molecule has 4 nitrogen and oxygen atoms in total. The first-order valence-corrected chi connectivity index (χ1v) is 7.41. The Morgan fingerprint density at radius 1 is 1.35 bits per heavy atom. The third-order valence-corrected chi connectivity index (χ3v) is 4.30. The van der Waals surface area contributed by atoms with Crippen LogP contribution in [0.2, 0.25) is 0 Å². The molecule has 1 aromatic carbocycles. The molecule has 0 fully saturated rings. The highest BCUT2D eigenvalue weighted by atomic mass is 79.9. The Kier molecular flexibility index (Phi) is 4.83. The number of benzene rings is 1. The van der Waals surface area contributed by atoms with Gasteiger partial charge in [0.1, 0.15) is 12.4 Å². The third-order valence-electron chi connectivity index (χ3n) is 3.27. The highest BCUT2D eigenvalue weighted by Gasteiger charge is 2.14. The quantitative estimate of drug-likeness (QED) is 0.909. The molecule has 1 N–H and O–H groups in total. The Hall–Kier alpha value is -1.33. The maximum absolute atomic E-state index is 9.39. The van der Waals surface area contributed by atoms with Crippen LogP contribution in [-0.4, -0.2) is 14.9 Å². The molecule has 20 heavy (non-hydrogen) atoms. The predicted molar refractivity (Wildman–Crippen MR) is 81.8 cm³/mol. The predicted octanol–water partition coefficient (Wildman–Crippen LogP) is 3.35. The molecule has 108 valence electrons. The van der Waals surface area contributed by atoms with E-state index in [9.17, 15) is 5.11 Å². The normalized spacial score (nSPS) is 10.8. The standard InChI is InChI=1S/C15H19BrN2O2/c1-4-18-13(14(16)11(3)17-18)9-20-15-10(2)6-5-7-12(15)8-19/h5-7,19H,4,8-9H2,1-3H3. The highest BCUT2D eigenvalue weighted by Crippen LogP contribution is 2.27. The van der Waals surface area contributed by atoms with Crippen molar-refractivity contribution in [1.29, 1.82) is 0 Å². The number of nitrogens with zero attached hydrogens (tertiary/aromatic N) is 2. The molecular formula is C15H19BrN2O2. The molecule has 0 amide bonds. The molecule has 0 bridgehead atoms. The average molecular weight is 339 g/mol. The number of rotatable bonds is 5. The zero-order valence-electron chi connectivity index (χ0n) is 12.0. The summed E-state index contributed by atoms with van der Waals surface area (Å²) in [6.45, 7) is 7.19. The number of hydrogen-bond donors (Lipinski definition) is 1. The van der Waals surface area contributed by atoms with Crippen LogP contribution < -0.4 is 4.74 Å². The van der Waals surface area contributed by atoms with Crippen molar-refractivity contribution in [2.75, 3.05) is 0 Å². The van der Waals surface area contributed by atoms with Gasteiger partial charge in [0.15, 0.2) is 0 Å². The van der Waals surface area contributed by atoms with Gasteiger partial charge in [0.2, 0.25) is 0 Å². The molecule has 0 unspecified atom stereocenters. The van der Waals surface area contributed by atoms with E-state index in [4.69, 9.17) is 4.74 Å². The molecule has 0 aliphatic carbocycles. The minimum absolute atomic E-state index is 0.0236. The summed E-state index contributed by atoms with van der Waals surface area (Å²) >= 11 is 3.56. The van der Waals surface area contributed by atoms with Gasteiger partial charge < -0.3 is 9.84 Å². The van der Waals surface area contributed by atoms with Crippen LogP contribution in [0.3, 0.4) is 0 Å². The van der Waals surface area contributed by atoms with Crippen LogP contribution in [0, 0.1) is 13.8 Å². The molecule has 2 aromatic rings. The van der Waals surface area contributed by atoms with Gasteiger partial charge in [-0.25, -0.2) is 0 Å². The fourth-order valence-electron chi connectivity index (χ4n) is 2.19. The first-order chi connectivity index (χ1) is 9.58. The summed E-state index contributed by atoms with van der Waals surface area (Å²) in [4.78, 5) is 0. The van der Waals surface area contributed by atoms with Gasteiger partial charge in [0.25, 0.3) is 0 Å². The average Bonchev–Trinajstić information content (AvgIpc) is 2.72. The van der Waals surface area contributed by atoms with Gasteiger partial charge in [-0.3, -0.25) is 4.68 Å². The lowest BCUT2D eigenvalue weighted by Gasteiger charge is -2.13. The van der Waals surface area contributed by atoms with Crippen LogP contribution in [0.25, 0.3) is 0 Å². The summed E-state index contributed by atoms with van der Waals surface area (Å²) in [5.41, 5.74) is 3.79. The number of para-hydroxylation sites is 1. The second kappa shape index (κ2) is 6.41. The van der Waals surface area contributed by atoms with Gasteiger partial charge in [-0.05, 0) is 42.3 Å². The molecule has 0 saturated carbocycles. The molecule has 0 atom stereocenters. The third kappa shape index (κ3) is 2.88. The number of aryl methyl sites for hydroxylation is 3. The maximum atomic E-state index is 9.39. The molecule has 2 rings (SSSR count). The zero-order chi connectivity index (χ0) is 14.7. The Morgan fingerprint density at radius 2 is 2.10 bits per heavy atom. The van der Waals surface area contributed by atoms with Crippen LogP contribution in [-0.2, 0) is 19.8 Å². The minimum Gasteiger partial charge on any atom is -0.487 e. The largest absolute Gasteiger partial charge is 0.487 e. The molecule has 5 heteroatoms. The molecule has 0 aliphatic heterocycles. The van der Waals surface area contributed by atoms with Crippen LogP contribution in [0.4, 0.5) is 0 Å². The lowest BCUT2D eigenvalue weighted by Crippen LogP contribution is -2.08. The molecule has 0 spiro atoms. The van der Waals surface area contributed by atoms with Crippen molar-refractivity contribution in [3.05, 3.63) is 45.2 Å². The van der Waals surface area contributed by atoms with E-state index in [1.54, 1.807) is 0 Å². The van der Waals surface area contributed by atoms with E-state index in [0.29, 0.717) is 6.61 Å². The molecular weight excluding hydrogens is 320 g/mol. The summed E-state index contributed by atoms with van der Waals surface area (Å²) < 4.78 is 8.84. The smallest absolute Gasteiger partial charge is 0.131 e. The number of aliphatic hydroxyl groups excluding tert-OH is 1. The van der Waals surface area contributed by atoms with Crippen LogP contribution in [0.1, 0.15) is 29.4 Å². The second-order valence-electron chi connectivity index (χ2n) is 4.67. The number of aliphatic hydroxyl groups is 1. The van der Waals surface area contributed by atoms with Crippen molar-refractivity contribution in [1.82, 2.24) is 9.78 Å². The summed E-state index contributed by atoms with van der Waals surface area (Å²) in [6.07, 6.45) is 0. The Bertz CT molecular complexity index is 608. The topological polar surface area (TPSA) is 47.3 Å². The first kappa shape index (κ1) is 15.1. The molecule has 0 saturated heterocycles. The second-order valence-corrected chi connectivity index (χ2v) is 5.46. The van der Waals surface area contributed by atoms with E-state index in [1.165, 1.54) is 0 Å². The van der Waals surface area contributed by atoms with Crippen LogP contribution >= 0.6 is 15.9 Å². The summed E-state index contributed by atoms with van der Waals surface area (Å²) in [7, 11) is 0. The summed E-state index contributed by atoms with van der Waals surface area (Å²) in [6, 6.07) is 5.77. The maximum Gasteiger partial charge on any atom is 0.131 e. The first-order valence-electron chi connectivity index (χ1n) is 6.62.